The zero-order valence-electron chi connectivity index (χ0n) is 9.24. The number of rotatable bonds is 5. The molecule has 0 saturated carbocycles. The van der Waals surface area contributed by atoms with E-state index in [1.165, 1.54) is 12.3 Å². The molecule has 0 amide bonds. The van der Waals surface area contributed by atoms with Crippen molar-refractivity contribution in [1.82, 2.24) is 4.98 Å². The Hall–Kier alpha value is -0.740. The number of aromatic carboxylic acids is 1. The number of thioether (sulfide) groups is 1. The fourth-order valence-corrected chi connectivity index (χ4v) is 2.32. The summed E-state index contributed by atoms with van der Waals surface area (Å²) in [5, 5.41) is 9.86. The lowest BCUT2D eigenvalue weighted by Crippen LogP contribution is -1.99. The van der Waals surface area contributed by atoms with Crippen LogP contribution in [0.1, 0.15) is 30.6 Å². The molecule has 0 aliphatic carbocycles. The molecule has 16 heavy (non-hydrogen) atoms. The first-order valence-corrected chi connectivity index (χ1v) is 6.42. The lowest BCUT2D eigenvalue weighted by Gasteiger charge is -2.08. The highest BCUT2D eigenvalue weighted by atomic mass is 35.5. The molecule has 0 aliphatic rings. The van der Waals surface area contributed by atoms with Crippen LogP contribution < -0.4 is 0 Å². The van der Waals surface area contributed by atoms with Crippen molar-refractivity contribution in [3.63, 3.8) is 0 Å². The normalized spacial score (nSPS) is 12.4. The fourth-order valence-electron chi connectivity index (χ4n) is 0.988. The van der Waals surface area contributed by atoms with E-state index >= 15 is 0 Å². The zero-order valence-corrected chi connectivity index (χ0v) is 10.8. The van der Waals surface area contributed by atoms with Gasteiger partial charge in [0.05, 0.1) is 10.6 Å². The minimum Gasteiger partial charge on any atom is -0.478 e. The number of carboxylic acid groups (broad SMARTS) is 1. The van der Waals surface area contributed by atoms with Crippen molar-refractivity contribution < 1.29 is 9.90 Å². The summed E-state index contributed by atoms with van der Waals surface area (Å²) in [7, 11) is 0. The van der Waals surface area contributed by atoms with Crippen molar-refractivity contribution in [3.05, 3.63) is 22.8 Å². The Labute approximate surface area is 104 Å². The Morgan fingerprint density at radius 1 is 1.69 bits per heavy atom. The predicted octanol–water partition coefficient (Wildman–Crippen LogP) is 3.57. The second-order valence-corrected chi connectivity index (χ2v) is 5.06. The minimum atomic E-state index is -1.01. The summed E-state index contributed by atoms with van der Waals surface area (Å²) in [6, 6.07) is 1.44. The summed E-state index contributed by atoms with van der Waals surface area (Å²) in [5.74, 6) is 0.533. The topological polar surface area (TPSA) is 50.2 Å². The Kier molecular flexibility index (Phi) is 5.09. The third-order valence-corrected chi connectivity index (χ3v) is 3.99. The molecule has 1 atom stereocenters. The van der Waals surface area contributed by atoms with Crippen molar-refractivity contribution in [3.8, 4) is 0 Å². The van der Waals surface area contributed by atoms with Crippen LogP contribution in [0, 0.1) is 5.92 Å². The van der Waals surface area contributed by atoms with Crippen LogP contribution in [0.25, 0.3) is 0 Å². The van der Waals surface area contributed by atoms with Gasteiger partial charge in [0.1, 0.15) is 5.03 Å². The molecule has 1 aromatic heterocycles. The first-order valence-electron chi connectivity index (χ1n) is 5.06. The summed E-state index contributed by atoms with van der Waals surface area (Å²) in [6.07, 6.45) is 2.45. The largest absolute Gasteiger partial charge is 0.478 e. The SMILES string of the molecule is CCC(C)CSc1ncc(C(=O)O)cc1Cl. The fraction of sp³-hybridized carbons (Fsp3) is 0.455. The molecule has 1 heterocycles. The van der Waals surface area contributed by atoms with Crippen LogP contribution in [0.5, 0.6) is 0 Å². The molecule has 5 heteroatoms. The third-order valence-electron chi connectivity index (χ3n) is 2.26. The van der Waals surface area contributed by atoms with Crippen molar-refractivity contribution in [1.29, 1.82) is 0 Å². The molecule has 3 nitrogen and oxygen atoms in total. The van der Waals surface area contributed by atoms with Gasteiger partial charge in [0, 0.05) is 11.9 Å². The molecule has 0 spiro atoms. The zero-order chi connectivity index (χ0) is 12.1. The average molecular weight is 260 g/mol. The molecule has 0 saturated heterocycles. The number of nitrogens with zero attached hydrogens (tertiary/aromatic N) is 1. The van der Waals surface area contributed by atoms with E-state index in [1.54, 1.807) is 11.8 Å². The van der Waals surface area contributed by atoms with Crippen LogP contribution in [0.2, 0.25) is 5.02 Å². The molecule has 0 aliphatic heterocycles. The van der Waals surface area contributed by atoms with Crippen LogP contribution in [0.4, 0.5) is 0 Å². The maximum Gasteiger partial charge on any atom is 0.337 e. The number of hydrogen-bond donors (Lipinski definition) is 1. The van der Waals surface area contributed by atoms with E-state index in [2.05, 4.69) is 18.8 Å². The van der Waals surface area contributed by atoms with Crippen molar-refractivity contribution in [2.24, 2.45) is 5.92 Å². The molecule has 1 unspecified atom stereocenters. The van der Waals surface area contributed by atoms with Crippen LogP contribution in [-0.2, 0) is 0 Å². The number of halogens is 1. The van der Waals surface area contributed by atoms with Gasteiger partial charge in [-0.25, -0.2) is 9.78 Å². The predicted molar refractivity (Wildman–Crippen MR) is 66.4 cm³/mol. The number of hydrogen-bond acceptors (Lipinski definition) is 3. The van der Waals surface area contributed by atoms with E-state index in [1.807, 2.05) is 0 Å². The van der Waals surface area contributed by atoms with Crippen LogP contribution in [-0.4, -0.2) is 21.8 Å². The minimum absolute atomic E-state index is 0.123. The van der Waals surface area contributed by atoms with Gasteiger partial charge in [0.25, 0.3) is 0 Å². The van der Waals surface area contributed by atoms with Gasteiger partial charge in [-0.15, -0.1) is 11.8 Å². The van der Waals surface area contributed by atoms with Gasteiger partial charge in [-0.1, -0.05) is 31.9 Å². The summed E-state index contributed by atoms with van der Waals surface area (Å²) >= 11 is 7.52. The van der Waals surface area contributed by atoms with Gasteiger partial charge in [-0.3, -0.25) is 0 Å². The number of carbonyl (C=O) groups is 1. The smallest absolute Gasteiger partial charge is 0.337 e. The molecule has 88 valence electrons. The lowest BCUT2D eigenvalue weighted by molar-refractivity contribution is 0.0696. The van der Waals surface area contributed by atoms with Gasteiger partial charge in [0.2, 0.25) is 0 Å². The van der Waals surface area contributed by atoms with Crippen molar-refractivity contribution in [2.75, 3.05) is 5.75 Å². The molecule has 0 aromatic carbocycles. The molecule has 0 radical (unpaired) electrons. The molecule has 1 rings (SSSR count). The van der Waals surface area contributed by atoms with Gasteiger partial charge in [-0.2, -0.15) is 0 Å². The Morgan fingerprint density at radius 3 is 2.88 bits per heavy atom. The molecule has 0 fully saturated rings. The molecule has 1 N–H and O–H groups in total. The molecule has 1 aromatic rings. The van der Waals surface area contributed by atoms with Gasteiger partial charge in [-0.05, 0) is 12.0 Å². The lowest BCUT2D eigenvalue weighted by atomic mass is 10.2. The summed E-state index contributed by atoms with van der Waals surface area (Å²) in [4.78, 5) is 14.7. The van der Waals surface area contributed by atoms with Crippen LogP contribution in [0.3, 0.4) is 0 Å². The van der Waals surface area contributed by atoms with Gasteiger partial charge < -0.3 is 5.11 Å². The monoisotopic (exact) mass is 259 g/mol. The maximum atomic E-state index is 10.7. The van der Waals surface area contributed by atoms with E-state index < -0.39 is 5.97 Å². The second-order valence-electron chi connectivity index (χ2n) is 3.64. The van der Waals surface area contributed by atoms with E-state index in [-0.39, 0.29) is 5.56 Å². The summed E-state index contributed by atoms with van der Waals surface area (Å²) < 4.78 is 0. The highest BCUT2D eigenvalue weighted by molar-refractivity contribution is 7.99. The van der Waals surface area contributed by atoms with Gasteiger partial charge in [0.15, 0.2) is 0 Å². The standard InChI is InChI=1S/C11H14ClNO2S/c1-3-7(2)6-16-10-9(12)4-8(5-13-10)11(14)15/h4-5,7H,3,6H2,1-2H3,(H,14,15). The van der Waals surface area contributed by atoms with Crippen molar-refractivity contribution >= 4 is 29.3 Å². The Morgan fingerprint density at radius 2 is 2.38 bits per heavy atom. The molecule has 0 bridgehead atoms. The number of carboxylic acids is 1. The number of aromatic nitrogens is 1. The maximum absolute atomic E-state index is 10.7. The second kappa shape index (κ2) is 6.11. The van der Waals surface area contributed by atoms with E-state index in [9.17, 15) is 4.79 Å². The number of pyridine rings is 1. The third kappa shape index (κ3) is 3.68. The molecular weight excluding hydrogens is 246 g/mol. The van der Waals surface area contributed by atoms with E-state index in [0.717, 1.165) is 12.2 Å². The van der Waals surface area contributed by atoms with Crippen LogP contribution >= 0.6 is 23.4 Å². The van der Waals surface area contributed by atoms with Gasteiger partial charge >= 0.3 is 5.97 Å². The average Bonchev–Trinajstić information content (AvgIpc) is 2.26. The Balaban J connectivity index is 2.72. The highest BCUT2D eigenvalue weighted by Gasteiger charge is 2.09. The molecular formula is C11H14ClNO2S. The highest BCUT2D eigenvalue weighted by Crippen LogP contribution is 2.27. The van der Waals surface area contributed by atoms with Crippen molar-refractivity contribution in [2.45, 2.75) is 25.3 Å². The first-order chi connectivity index (χ1) is 7.54. The van der Waals surface area contributed by atoms with Crippen LogP contribution in [0.15, 0.2) is 17.3 Å². The summed E-state index contributed by atoms with van der Waals surface area (Å²) in [6.45, 7) is 4.29. The van der Waals surface area contributed by atoms with E-state index in [0.29, 0.717) is 16.0 Å². The summed E-state index contributed by atoms with van der Waals surface area (Å²) in [5.41, 5.74) is 0.123. The Bertz CT molecular complexity index is 384. The quantitative estimate of drug-likeness (QED) is 0.822. The van der Waals surface area contributed by atoms with E-state index in [4.69, 9.17) is 16.7 Å². The first kappa shape index (κ1) is 13.3.